The smallest absolute Gasteiger partial charge is 0.109 e. The van der Waals surface area contributed by atoms with Crippen LogP contribution < -0.4 is 5.32 Å². The van der Waals surface area contributed by atoms with E-state index in [-0.39, 0.29) is 0 Å². The summed E-state index contributed by atoms with van der Waals surface area (Å²) in [6, 6.07) is 0. The summed E-state index contributed by atoms with van der Waals surface area (Å²) in [7, 11) is 1.99. The first-order valence-electron chi connectivity index (χ1n) is 4.20. The van der Waals surface area contributed by atoms with Gasteiger partial charge in [-0.3, -0.25) is 0 Å². The van der Waals surface area contributed by atoms with Crippen molar-refractivity contribution in [2.45, 2.75) is 6.42 Å². The van der Waals surface area contributed by atoms with Crippen molar-refractivity contribution in [2.24, 2.45) is 7.05 Å². The van der Waals surface area contributed by atoms with Crippen LogP contribution in [-0.2, 0) is 13.5 Å². The van der Waals surface area contributed by atoms with Crippen molar-refractivity contribution < 1.29 is 0 Å². The van der Waals surface area contributed by atoms with Gasteiger partial charge in [0.05, 0.1) is 0 Å². The third-order valence-corrected chi connectivity index (χ3v) is 1.90. The van der Waals surface area contributed by atoms with Gasteiger partial charge in [0.1, 0.15) is 5.82 Å². The van der Waals surface area contributed by atoms with Crippen LogP contribution in [0.4, 0.5) is 0 Å². The summed E-state index contributed by atoms with van der Waals surface area (Å²) in [5, 5.41) is 3.80. The highest BCUT2D eigenvalue weighted by Crippen LogP contribution is 1.95. The topological polar surface area (TPSA) is 29.9 Å². The number of imidazole rings is 1. The SMILES string of the molecule is C=C(Cl)CNCCc1nccn1C. The largest absolute Gasteiger partial charge is 0.338 e. The molecule has 0 fully saturated rings. The Morgan fingerprint density at radius 1 is 1.77 bits per heavy atom. The highest BCUT2D eigenvalue weighted by atomic mass is 35.5. The molecule has 0 radical (unpaired) electrons. The van der Waals surface area contributed by atoms with E-state index in [1.165, 1.54) is 0 Å². The summed E-state index contributed by atoms with van der Waals surface area (Å²) >= 11 is 5.59. The summed E-state index contributed by atoms with van der Waals surface area (Å²) < 4.78 is 2.01. The lowest BCUT2D eigenvalue weighted by Crippen LogP contribution is -2.19. The molecule has 0 bridgehead atoms. The zero-order chi connectivity index (χ0) is 9.68. The number of hydrogen-bond donors (Lipinski definition) is 1. The molecule has 72 valence electrons. The summed E-state index contributed by atoms with van der Waals surface area (Å²) in [6.07, 6.45) is 4.65. The van der Waals surface area contributed by atoms with Crippen molar-refractivity contribution in [3.8, 4) is 0 Å². The maximum atomic E-state index is 5.59. The number of aromatic nitrogens is 2. The average molecular weight is 200 g/mol. The quantitative estimate of drug-likeness (QED) is 0.725. The first-order chi connectivity index (χ1) is 6.20. The van der Waals surface area contributed by atoms with Crippen LogP contribution in [0.15, 0.2) is 24.0 Å². The average Bonchev–Trinajstić information content (AvgIpc) is 2.45. The van der Waals surface area contributed by atoms with Gasteiger partial charge in [0.15, 0.2) is 0 Å². The number of nitrogens with one attached hydrogen (secondary N) is 1. The first-order valence-corrected chi connectivity index (χ1v) is 4.58. The third kappa shape index (κ3) is 3.61. The van der Waals surface area contributed by atoms with Crippen molar-refractivity contribution in [1.29, 1.82) is 0 Å². The van der Waals surface area contributed by atoms with Gasteiger partial charge in [-0.1, -0.05) is 18.2 Å². The minimum Gasteiger partial charge on any atom is -0.338 e. The molecule has 0 spiro atoms. The van der Waals surface area contributed by atoms with Gasteiger partial charge in [-0.25, -0.2) is 4.98 Å². The fourth-order valence-corrected chi connectivity index (χ4v) is 1.16. The summed E-state index contributed by atoms with van der Waals surface area (Å²) in [4.78, 5) is 4.20. The monoisotopic (exact) mass is 199 g/mol. The summed E-state index contributed by atoms with van der Waals surface area (Å²) in [5.74, 6) is 1.08. The van der Waals surface area contributed by atoms with Crippen LogP contribution in [-0.4, -0.2) is 22.6 Å². The molecule has 1 aromatic heterocycles. The first kappa shape index (κ1) is 10.3. The van der Waals surface area contributed by atoms with Gasteiger partial charge in [-0.2, -0.15) is 0 Å². The number of hydrogen-bond acceptors (Lipinski definition) is 2. The Labute approximate surface area is 83.4 Å². The minimum absolute atomic E-state index is 0.639. The Balaban J connectivity index is 2.20. The van der Waals surface area contributed by atoms with Crippen molar-refractivity contribution in [3.05, 3.63) is 29.8 Å². The van der Waals surface area contributed by atoms with Gasteiger partial charge in [0.25, 0.3) is 0 Å². The minimum atomic E-state index is 0.639. The van der Waals surface area contributed by atoms with E-state index in [1.807, 2.05) is 17.8 Å². The maximum absolute atomic E-state index is 5.59. The maximum Gasteiger partial charge on any atom is 0.109 e. The molecule has 13 heavy (non-hydrogen) atoms. The lowest BCUT2D eigenvalue weighted by molar-refractivity contribution is 0.690. The van der Waals surface area contributed by atoms with Crippen LogP contribution in [0, 0.1) is 0 Å². The second-order valence-corrected chi connectivity index (χ2v) is 3.43. The number of halogens is 1. The van der Waals surface area contributed by atoms with Gasteiger partial charge in [0, 0.05) is 44.0 Å². The number of rotatable bonds is 5. The molecular formula is C9H14ClN3. The highest BCUT2D eigenvalue weighted by Gasteiger charge is 1.97. The Morgan fingerprint density at radius 2 is 2.54 bits per heavy atom. The van der Waals surface area contributed by atoms with Gasteiger partial charge in [-0.05, 0) is 0 Å². The normalized spacial score (nSPS) is 10.3. The highest BCUT2D eigenvalue weighted by molar-refractivity contribution is 6.29. The van der Waals surface area contributed by atoms with Gasteiger partial charge < -0.3 is 9.88 Å². The number of aryl methyl sites for hydroxylation is 1. The fourth-order valence-electron chi connectivity index (χ4n) is 1.06. The van der Waals surface area contributed by atoms with E-state index in [2.05, 4.69) is 16.9 Å². The fraction of sp³-hybridized carbons (Fsp3) is 0.444. The van der Waals surface area contributed by atoms with Gasteiger partial charge in [-0.15, -0.1) is 0 Å². The van der Waals surface area contributed by atoms with Crippen LogP contribution in [0.2, 0.25) is 0 Å². The molecule has 0 amide bonds. The van der Waals surface area contributed by atoms with E-state index in [0.717, 1.165) is 18.8 Å². The second-order valence-electron chi connectivity index (χ2n) is 2.90. The molecule has 1 rings (SSSR count). The molecule has 1 heterocycles. The van der Waals surface area contributed by atoms with Crippen LogP contribution in [0.3, 0.4) is 0 Å². The predicted molar refractivity (Wildman–Crippen MR) is 54.8 cm³/mol. The standard InChI is InChI=1S/C9H14ClN3/c1-8(10)7-11-4-3-9-12-5-6-13(9)2/h5-6,11H,1,3-4,7H2,2H3. The van der Waals surface area contributed by atoms with Crippen molar-refractivity contribution in [2.75, 3.05) is 13.1 Å². The zero-order valence-corrected chi connectivity index (χ0v) is 8.51. The Hall–Kier alpha value is -0.800. The Kier molecular flexibility index (Phi) is 3.99. The molecule has 4 heteroatoms. The molecule has 0 unspecified atom stereocenters. The van der Waals surface area contributed by atoms with E-state index >= 15 is 0 Å². The van der Waals surface area contributed by atoms with Crippen LogP contribution in [0.1, 0.15) is 5.82 Å². The van der Waals surface area contributed by atoms with Crippen LogP contribution >= 0.6 is 11.6 Å². The molecule has 0 aliphatic carbocycles. The van der Waals surface area contributed by atoms with Gasteiger partial charge in [0.2, 0.25) is 0 Å². The molecule has 3 nitrogen and oxygen atoms in total. The molecule has 0 aliphatic heterocycles. The van der Waals surface area contributed by atoms with Crippen molar-refractivity contribution >= 4 is 11.6 Å². The van der Waals surface area contributed by atoms with E-state index in [1.54, 1.807) is 6.20 Å². The summed E-state index contributed by atoms with van der Waals surface area (Å²) in [6.45, 7) is 5.12. The Morgan fingerprint density at radius 3 is 3.08 bits per heavy atom. The third-order valence-electron chi connectivity index (χ3n) is 1.76. The molecular weight excluding hydrogens is 186 g/mol. The van der Waals surface area contributed by atoms with Crippen molar-refractivity contribution in [3.63, 3.8) is 0 Å². The van der Waals surface area contributed by atoms with Crippen molar-refractivity contribution in [1.82, 2.24) is 14.9 Å². The Bertz CT molecular complexity index is 280. The molecule has 1 N–H and O–H groups in total. The van der Waals surface area contributed by atoms with E-state index in [4.69, 9.17) is 11.6 Å². The van der Waals surface area contributed by atoms with E-state index < -0.39 is 0 Å². The van der Waals surface area contributed by atoms with Gasteiger partial charge >= 0.3 is 0 Å². The summed E-state index contributed by atoms with van der Waals surface area (Å²) in [5.41, 5.74) is 0. The molecule has 0 atom stereocenters. The van der Waals surface area contributed by atoms with Crippen LogP contribution in [0.5, 0.6) is 0 Å². The zero-order valence-electron chi connectivity index (χ0n) is 7.76. The lowest BCUT2D eigenvalue weighted by atomic mass is 10.4. The molecule has 0 aliphatic rings. The number of nitrogens with zero attached hydrogens (tertiary/aromatic N) is 2. The lowest BCUT2D eigenvalue weighted by Gasteiger charge is -2.03. The van der Waals surface area contributed by atoms with E-state index in [0.29, 0.717) is 11.6 Å². The molecule has 0 saturated heterocycles. The van der Waals surface area contributed by atoms with Crippen LogP contribution in [0.25, 0.3) is 0 Å². The molecule has 0 aromatic carbocycles. The molecule has 1 aromatic rings. The van der Waals surface area contributed by atoms with E-state index in [9.17, 15) is 0 Å². The molecule has 0 saturated carbocycles. The second kappa shape index (κ2) is 5.04. The predicted octanol–water partition coefficient (Wildman–Crippen LogP) is 1.30.